The molecular formula is C14H12Cl2N6O. The first-order valence-corrected chi connectivity index (χ1v) is 7.31. The summed E-state index contributed by atoms with van der Waals surface area (Å²) in [5.41, 5.74) is 3.43. The van der Waals surface area contributed by atoms with E-state index in [0.29, 0.717) is 33.3 Å². The van der Waals surface area contributed by atoms with Crippen molar-refractivity contribution in [2.75, 3.05) is 11.3 Å². The van der Waals surface area contributed by atoms with E-state index in [1.54, 1.807) is 37.3 Å². The number of aromatic nitrogens is 3. The van der Waals surface area contributed by atoms with Gasteiger partial charge in [-0.05, 0) is 37.3 Å². The molecule has 0 radical (unpaired) electrons. The second kappa shape index (κ2) is 6.31. The van der Waals surface area contributed by atoms with Gasteiger partial charge in [0.1, 0.15) is 11.5 Å². The molecule has 7 nitrogen and oxygen atoms in total. The number of nitrogen functional groups attached to an aromatic ring is 1. The molecule has 0 aliphatic heterocycles. The van der Waals surface area contributed by atoms with Crippen molar-refractivity contribution in [1.29, 1.82) is 0 Å². The second-order valence-electron chi connectivity index (χ2n) is 4.64. The van der Waals surface area contributed by atoms with Crippen LogP contribution in [0, 0.1) is 6.92 Å². The third-order valence-electron chi connectivity index (χ3n) is 3.05. The monoisotopic (exact) mass is 350 g/mol. The maximum Gasteiger partial charge on any atom is 0.263 e. The van der Waals surface area contributed by atoms with Crippen LogP contribution < -0.4 is 11.3 Å². The number of benzene rings is 1. The van der Waals surface area contributed by atoms with Crippen molar-refractivity contribution in [2.24, 2.45) is 5.10 Å². The Hall–Kier alpha value is -2.51. The van der Waals surface area contributed by atoms with Crippen molar-refractivity contribution >= 4 is 35.4 Å². The minimum atomic E-state index is 0.325. The summed E-state index contributed by atoms with van der Waals surface area (Å²) in [6, 6.07) is 8.77. The molecule has 118 valence electrons. The molecule has 2 aromatic heterocycles. The van der Waals surface area contributed by atoms with E-state index < -0.39 is 0 Å². The van der Waals surface area contributed by atoms with E-state index in [9.17, 15) is 0 Å². The standard InChI is InChI=1S/C14H12Cl2N6O/c1-8-19-21-14(22(8)17)20-18-7-10-3-5-13(23-10)11-4-2-9(15)6-12(11)16/h2-7H,17H2,1H3,(H,20,21)/b18-7-. The lowest BCUT2D eigenvalue weighted by Crippen LogP contribution is -2.13. The number of nitrogens with two attached hydrogens (primary N) is 1. The van der Waals surface area contributed by atoms with E-state index in [4.69, 9.17) is 33.5 Å². The number of anilines is 1. The van der Waals surface area contributed by atoms with Crippen molar-refractivity contribution in [3.05, 3.63) is 52.0 Å². The lowest BCUT2D eigenvalue weighted by Gasteiger charge is -2.01. The van der Waals surface area contributed by atoms with Gasteiger partial charge in [0.2, 0.25) is 0 Å². The molecule has 9 heteroatoms. The van der Waals surface area contributed by atoms with E-state index in [2.05, 4.69) is 20.7 Å². The van der Waals surface area contributed by atoms with Gasteiger partial charge in [-0.1, -0.05) is 23.2 Å². The van der Waals surface area contributed by atoms with Crippen LogP contribution in [0.1, 0.15) is 11.6 Å². The highest BCUT2D eigenvalue weighted by Crippen LogP contribution is 2.31. The molecule has 0 unspecified atom stereocenters. The molecule has 0 amide bonds. The first-order chi connectivity index (χ1) is 11.0. The topological polar surface area (TPSA) is 94.3 Å². The van der Waals surface area contributed by atoms with Crippen molar-refractivity contribution in [1.82, 2.24) is 14.9 Å². The van der Waals surface area contributed by atoms with Crippen LogP contribution >= 0.6 is 23.2 Å². The number of furan rings is 1. The summed E-state index contributed by atoms with van der Waals surface area (Å²) < 4.78 is 6.96. The minimum absolute atomic E-state index is 0.325. The van der Waals surface area contributed by atoms with Crippen LogP contribution in [0.25, 0.3) is 11.3 Å². The quantitative estimate of drug-likeness (QED) is 0.427. The smallest absolute Gasteiger partial charge is 0.263 e. The van der Waals surface area contributed by atoms with Crippen molar-refractivity contribution < 1.29 is 4.42 Å². The molecule has 3 N–H and O–H groups in total. The largest absolute Gasteiger partial charge is 0.455 e. The van der Waals surface area contributed by atoms with E-state index in [1.807, 2.05) is 0 Å². The van der Waals surface area contributed by atoms with E-state index in [0.717, 1.165) is 5.56 Å². The Morgan fingerprint density at radius 1 is 1.26 bits per heavy atom. The summed E-state index contributed by atoms with van der Waals surface area (Å²) in [6.45, 7) is 1.73. The second-order valence-corrected chi connectivity index (χ2v) is 5.48. The molecular weight excluding hydrogens is 339 g/mol. The van der Waals surface area contributed by atoms with Crippen LogP contribution in [0.3, 0.4) is 0 Å². The zero-order chi connectivity index (χ0) is 16.4. The summed E-state index contributed by atoms with van der Waals surface area (Å²) in [5.74, 6) is 7.75. The molecule has 0 aliphatic rings. The Labute approximate surface area is 141 Å². The zero-order valence-electron chi connectivity index (χ0n) is 12.0. The number of rotatable bonds is 4. The third-order valence-corrected chi connectivity index (χ3v) is 3.59. The van der Waals surface area contributed by atoms with Crippen LogP contribution in [-0.4, -0.2) is 21.1 Å². The molecule has 0 spiro atoms. The van der Waals surface area contributed by atoms with Gasteiger partial charge in [0.05, 0.1) is 11.2 Å². The number of aryl methyl sites for hydroxylation is 1. The zero-order valence-corrected chi connectivity index (χ0v) is 13.5. The minimum Gasteiger partial charge on any atom is -0.455 e. The van der Waals surface area contributed by atoms with Gasteiger partial charge in [-0.25, -0.2) is 10.1 Å². The summed E-state index contributed by atoms with van der Waals surface area (Å²) in [7, 11) is 0. The molecule has 0 saturated heterocycles. The Kier molecular flexibility index (Phi) is 4.22. The van der Waals surface area contributed by atoms with Crippen LogP contribution in [0.5, 0.6) is 0 Å². The van der Waals surface area contributed by atoms with Crippen LogP contribution in [0.2, 0.25) is 10.0 Å². The number of hydrogen-bond donors (Lipinski definition) is 2. The fraction of sp³-hybridized carbons (Fsp3) is 0.0714. The molecule has 2 heterocycles. The van der Waals surface area contributed by atoms with Gasteiger partial charge in [-0.15, -0.1) is 10.2 Å². The summed E-state index contributed by atoms with van der Waals surface area (Å²) in [6.07, 6.45) is 1.50. The molecule has 0 saturated carbocycles. The lowest BCUT2D eigenvalue weighted by molar-refractivity contribution is 0.575. The number of nitrogens with one attached hydrogen (secondary N) is 1. The number of nitrogens with zero attached hydrogens (tertiary/aromatic N) is 4. The molecule has 3 rings (SSSR count). The van der Waals surface area contributed by atoms with Crippen molar-refractivity contribution in [2.45, 2.75) is 6.92 Å². The van der Waals surface area contributed by atoms with Gasteiger partial charge in [-0.2, -0.15) is 5.10 Å². The fourth-order valence-corrected chi connectivity index (χ4v) is 2.36. The molecule has 0 atom stereocenters. The van der Waals surface area contributed by atoms with Gasteiger partial charge < -0.3 is 10.3 Å². The third kappa shape index (κ3) is 3.30. The first-order valence-electron chi connectivity index (χ1n) is 6.56. The van der Waals surface area contributed by atoms with Gasteiger partial charge in [0.15, 0.2) is 5.82 Å². The fourth-order valence-electron chi connectivity index (χ4n) is 1.86. The van der Waals surface area contributed by atoms with Crippen LogP contribution in [-0.2, 0) is 0 Å². The normalized spacial score (nSPS) is 11.3. The van der Waals surface area contributed by atoms with Gasteiger partial charge in [-0.3, -0.25) is 0 Å². The average molecular weight is 351 g/mol. The average Bonchev–Trinajstić information content (AvgIpc) is 3.09. The van der Waals surface area contributed by atoms with Gasteiger partial charge in [0.25, 0.3) is 5.95 Å². The number of hydrazone groups is 1. The maximum absolute atomic E-state index is 6.16. The van der Waals surface area contributed by atoms with E-state index in [-0.39, 0.29) is 0 Å². The SMILES string of the molecule is Cc1nnc(N/N=C\c2ccc(-c3ccc(Cl)cc3Cl)o2)n1N. The molecule has 0 bridgehead atoms. The molecule has 3 aromatic rings. The Balaban J connectivity index is 1.74. The van der Waals surface area contributed by atoms with Crippen LogP contribution in [0.4, 0.5) is 5.95 Å². The predicted octanol–water partition coefficient (Wildman–Crippen LogP) is 3.31. The molecule has 1 aromatic carbocycles. The van der Waals surface area contributed by atoms with Crippen molar-refractivity contribution in [3.8, 4) is 11.3 Å². The first kappa shape index (κ1) is 15.4. The van der Waals surface area contributed by atoms with Gasteiger partial charge >= 0.3 is 0 Å². The summed E-state index contributed by atoms with van der Waals surface area (Å²) in [4.78, 5) is 0. The Bertz CT molecular complexity index is 870. The molecule has 0 fully saturated rings. The van der Waals surface area contributed by atoms with Gasteiger partial charge in [0, 0.05) is 10.6 Å². The highest BCUT2D eigenvalue weighted by atomic mass is 35.5. The molecule has 0 aliphatic carbocycles. The van der Waals surface area contributed by atoms with Crippen LogP contribution in [0.15, 0.2) is 39.9 Å². The highest BCUT2D eigenvalue weighted by molar-refractivity contribution is 6.36. The summed E-state index contributed by atoms with van der Waals surface area (Å²) >= 11 is 12.0. The summed E-state index contributed by atoms with van der Waals surface area (Å²) in [5, 5.41) is 12.7. The van der Waals surface area contributed by atoms with E-state index >= 15 is 0 Å². The Morgan fingerprint density at radius 2 is 2.09 bits per heavy atom. The maximum atomic E-state index is 6.16. The highest BCUT2D eigenvalue weighted by Gasteiger charge is 2.08. The van der Waals surface area contributed by atoms with Crippen molar-refractivity contribution in [3.63, 3.8) is 0 Å². The Morgan fingerprint density at radius 3 is 2.78 bits per heavy atom. The van der Waals surface area contributed by atoms with E-state index in [1.165, 1.54) is 10.9 Å². The number of halogens is 2. The lowest BCUT2D eigenvalue weighted by atomic mass is 10.2. The predicted molar refractivity (Wildman–Crippen MR) is 90.3 cm³/mol. The molecule has 23 heavy (non-hydrogen) atoms. The number of hydrogen-bond acceptors (Lipinski definition) is 6.